The second kappa shape index (κ2) is 5.81. The lowest BCUT2D eigenvalue weighted by Gasteiger charge is -2.22. The molecular weight excluding hydrogens is 332 g/mol. The number of ketones is 2. The molecule has 0 atom stereocenters. The highest BCUT2D eigenvalue weighted by Gasteiger charge is 2.37. The Bertz CT molecular complexity index is 1110. The van der Waals surface area contributed by atoms with Crippen molar-refractivity contribution in [1.82, 2.24) is 0 Å². The number of esters is 1. The van der Waals surface area contributed by atoms with E-state index in [9.17, 15) is 19.5 Å². The van der Waals surface area contributed by atoms with Gasteiger partial charge in [0, 0.05) is 21.9 Å². The minimum absolute atomic E-state index is 0.0168. The molecule has 3 aromatic carbocycles. The monoisotopic (exact) mass is 346 g/mol. The summed E-state index contributed by atoms with van der Waals surface area (Å²) in [6, 6.07) is 13.0. The molecule has 0 bridgehead atoms. The van der Waals surface area contributed by atoms with Gasteiger partial charge in [-0.25, -0.2) is 4.79 Å². The number of fused-ring (bicyclic) bond motifs is 3. The third kappa shape index (κ3) is 2.07. The van der Waals surface area contributed by atoms with Gasteiger partial charge in [0.2, 0.25) is 0 Å². The van der Waals surface area contributed by atoms with Crippen LogP contribution in [-0.4, -0.2) is 29.2 Å². The summed E-state index contributed by atoms with van der Waals surface area (Å²) in [5, 5.41) is 11.4. The first-order valence-corrected chi connectivity index (χ1v) is 8.19. The van der Waals surface area contributed by atoms with Gasteiger partial charge < -0.3 is 9.84 Å². The predicted octanol–water partition coefficient (Wildman–Crippen LogP) is 3.50. The normalized spacial score (nSPS) is 12.7. The van der Waals surface area contributed by atoms with E-state index in [4.69, 9.17) is 4.74 Å². The van der Waals surface area contributed by atoms with Crippen molar-refractivity contribution in [2.75, 3.05) is 6.61 Å². The third-order valence-corrected chi connectivity index (χ3v) is 4.54. The number of benzene rings is 3. The summed E-state index contributed by atoms with van der Waals surface area (Å²) >= 11 is 0. The van der Waals surface area contributed by atoms with E-state index in [1.807, 2.05) is 0 Å². The molecule has 26 heavy (non-hydrogen) atoms. The molecule has 128 valence electrons. The quantitative estimate of drug-likeness (QED) is 0.562. The standard InChI is InChI=1S/C21H14O5/c1-2-26-21(25)15-11-7-3-4-8-12(11)19(23)17-16(15)18(22)13-9-5-6-10-14(13)20(17)24/h3-10,23H,2H2,1H3. The molecule has 0 fully saturated rings. The molecule has 1 N–H and O–H groups in total. The fraction of sp³-hybridized carbons (Fsp3) is 0.0952. The molecule has 0 heterocycles. The van der Waals surface area contributed by atoms with Gasteiger partial charge in [0.1, 0.15) is 5.75 Å². The molecule has 1 aliphatic rings. The van der Waals surface area contributed by atoms with Crippen LogP contribution in [-0.2, 0) is 4.74 Å². The van der Waals surface area contributed by atoms with Gasteiger partial charge in [-0.1, -0.05) is 48.5 Å². The summed E-state index contributed by atoms with van der Waals surface area (Å²) in [5.41, 5.74) is 0.206. The Balaban J connectivity index is 2.17. The van der Waals surface area contributed by atoms with E-state index in [1.54, 1.807) is 49.4 Å². The number of hydrogen-bond donors (Lipinski definition) is 1. The number of aromatic hydroxyl groups is 1. The van der Waals surface area contributed by atoms with Crippen LogP contribution in [0, 0.1) is 0 Å². The molecule has 0 aromatic heterocycles. The summed E-state index contributed by atoms with van der Waals surface area (Å²) in [7, 11) is 0. The Morgan fingerprint density at radius 1 is 0.885 bits per heavy atom. The Hall–Kier alpha value is -3.47. The lowest BCUT2D eigenvalue weighted by Crippen LogP contribution is -2.25. The maximum atomic E-state index is 13.1. The van der Waals surface area contributed by atoms with Crippen molar-refractivity contribution in [3.63, 3.8) is 0 Å². The SMILES string of the molecule is CCOC(=O)c1c2c(c(O)c3ccccc13)C(=O)c1ccccc1C2=O. The average Bonchev–Trinajstić information content (AvgIpc) is 2.66. The predicted molar refractivity (Wildman–Crippen MR) is 94.9 cm³/mol. The highest BCUT2D eigenvalue weighted by atomic mass is 16.5. The van der Waals surface area contributed by atoms with Gasteiger partial charge in [-0.05, 0) is 6.92 Å². The number of rotatable bonds is 2. The molecule has 0 aliphatic heterocycles. The van der Waals surface area contributed by atoms with Crippen molar-refractivity contribution in [2.24, 2.45) is 0 Å². The van der Waals surface area contributed by atoms with Gasteiger partial charge in [-0.15, -0.1) is 0 Å². The molecular formula is C21H14O5. The topological polar surface area (TPSA) is 80.7 Å². The van der Waals surface area contributed by atoms with Crippen molar-refractivity contribution in [1.29, 1.82) is 0 Å². The van der Waals surface area contributed by atoms with Gasteiger partial charge >= 0.3 is 5.97 Å². The molecule has 0 saturated carbocycles. The van der Waals surface area contributed by atoms with E-state index in [0.29, 0.717) is 10.8 Å². The molecule has 0 amide bonds. The number of ether oxygens (including phenoxy) is 1. The van der Waals surface area contributed by atoms with E-state index in [-0.39, 0.29) is 40.2 Å². The van der Waals surface area contributed by atoms with Crippen LogP contribution in [0.15, 0.2) is 48.5 Å². The van der Waals surface area contributed by atoms with Crippen molar-refractivity contribution < 1.29 is 24.2 Å². The van der Waals surface area contributed by atoms with Crippen LogP contribution >= 0.6 is 0 Å². The Morgan fingerprint density at radius 2 is 1.42 bits per heavy atom. The highest BCUT2D eigenvalue weighted by Crippen LogP contribution is 2.41. The Morgan fingerprint density at radius 3 is 2.04 bits per heavy atom. The Labute approximate surface area is 148 Å². The second-order valence-corrected chi connectivity index (χ2v) is 5.94. The molecule has 0 radical (unpaired) electrons. The Kier molecular flexibility index (Phi) is 3.58. The fourth-order valence-electron chi connectivity index (χ4n) is 3.43. The minimum atomic E-state index is -0.694. The van der Waals surface area contributed by atoms with Crippen LogP contribution in [0.2, 0.25) is 0 Å². The minimum Gasteiger partial charge on any atom is -0.507 e. The van der Waals surface area contributed by atoms with Gasteiger partial charge in [0.05, 0.1) is 23.3 Å². The van der Waals surface area contributed by atoms with E-state index >= 15 is 0 Å². The van der Waals surface area contributed by atoms with Gasteiger partial charge in [0.15, 0.2) is 11.6 Å². The maximum absolute atomic E-state index is 13.1. The van der Waals surface area contributed by atoms with Crippen molar-refractivity contribution >= 4 is 28.3 Å². The summed E-state index contributed by atoms with van der Waals surface area (Å²) in [5.74, 6) is -1.94. The summed E-state index contributed by atoms with van der Waals surface area (Å²) in [4.78, 5) is 38.7. The van der Waals surface area contributed by atoms with Crippen LogP contribution < -0.4 is 0 Å². The second-order valence-electron chi connectivity index (χ2n) is 5.94. The van der Waals surface area contributed by atoms with Crippen LogP contribution in [0.1, 0.15) is 49.1 Å². The average molecular weight is 346 g/mol. The smallest absolute Gasteiger partial charge is 0.339 e. The van der Waals surface area contributed by atoms with Crippen LogP contribution in [0.25, 0.3) is 10.8 Å². The zero-order chi connectivity index (χ0) is 18.4. The van der Waals surface area contributed by atoms with E-state index in [1.165, 1.54) is 6.07 Å². The largest absolute Gasteiger partial charge is 0.507 e. The molecule has 0 spiro atoms. The van der Waals surface area contributed by atoms with Crippen LogP contribution in [0.4, 0.5) is 0 Å². The molecule has 3 aromatic rings. The lowest BCUT2D eigenvalue weighted by molar-refractivity contribution is 0.0526. The van der Waals surface area contributed by atoms with Crippen molar-refractivity contribution in [3.05, 3.63) is 76.3 Å². The van der Waals surface area contributed by atoms with Gasteiger partial charge in [-0.2, -0.15) is 0 Å². The van der Waals surface area contributed by atoms with Crippen LogP contribution in [0.3, 0.4) is 0 Å². The van der Waals surface area contributed by atoms with E-state index in [2.05, 4.69) is 0 Å². The maximum Gasteiger partial charge on any atom is 0.339 e. The lowest BCUT2D eigenvalue weighted by atomic mass is 9.79. The highest BCUT2D eigenvalue weighted by molar-refractivity contribution is 6.34. The molecule has 5 nitrogen and oxygen atoms in total. The van der Waals surface area contributed by atoms with Gasteiger partial charge in [0.25, 0.3) is 0 Å². The van der Waals surface area contributed by atoms with E-state index < -0.39 is 17.5 Å². The van der Waals surface area contributed by atoms with E-state index in [0.717, 1.165) is 0 Å². The number of carbonyl (C=O) groups is 3. The summed E-state index contributed by atoms with van der Waals surface area (Å²) in [6.45, 7) is 1.79. The zero-order valence-corrected chi connectivity index (χ0v) is 13.9. The first-order valence-electron chi connectivity index (χ1n) is 8.19. The first kappa shape index (κ1) is 16.0. The molecule has 4 rings (SSSR count). The first-order chi connectivity index (χ1) is 12.6. The molecule has 1 aliphatic carbocycles. The fourth-order valence-corrected chi connectivity index (χ4v) is 3.43. The van der Waals surface area contributed by atoms with Crippen molar-refractivity contribution in [3.8, 4) is 5.75 Å². The number of phenolic OH excluding ortho intramolecular Hbond substituents is 1. The summed E-state index contributed by atoms with van der Waals surface area (Å²) < 4.78 is 5.13. The van der Waals surface area contributed by atoms with Crippen LogP contribution in [0.5, 0.6) is 5.75 Å². The third-order valence-electron chi connectivity index (χ3n) is 4.54. The number of carbonyl (C=O) groups excluding carboxylic acids is 3. The summed E-state index contributed by atoms with van der Waals surface area (Å²) in [6.07, 6.45) is 0. The molecule has 0 unspecified atom stereocenters. The molecule has 5 heteroatoms. The van der Waals surface area contributed by atoms with Crippen molar-refractivity contribution in [2.45, 2.75) is 6.92 Å². The zero-order valence-electron chi connectivity index (χ0n) is 13.9. The number of hydrogen-bond acceptors (Lipinski definition) is 5. The number of phenols is 1. The van der Waals surface area contributed by atoms with Gasteiger partial charge in [-0.3, -0.25) is 9.59 Å². The molecule has 0 saturated heterocycles.